The van der Waals surface area contributed by atoms with Crippen LogP contribution in [0.15, 0.2) is 47.4 Å². The lowest BCUT2D eigenvalue weighted by Crippen LogP contribution is -2.36. The predicted molar refractivity (Wildman–Crippen MR) is 126 cm³/mol. The van der Waals surface area contributed by atoms with Crippen LogP contribution in [0.25, 0.3) is 6.08 Å². The van der Waals surface area contributed by atoms with Gasteiger partial charge in [-0.2, -0.15) is 0 Å². The third-order valence-corrected chi connectivity index (χ3v) is 5.95. The average molecular weight is 475 g/mol. The summed E-state index contributed by atoms with van der Waals surface area (Å²) in [4.78, 5) is 38.5. The first-order valence-corrected chi connectivity index (χ1v) is 11.2. The number of benzene rings is 2. The van der Waals surface area contributed by atoms with Gasteiger partial charge in [0.25, 0.3) is 11.1 Å². The van der Waals surface area contributed by atoms with Crippen molar-refractivity contribution in [1.29, 1.82) is 0 Å². The highest BCUT2D eigenvalue weighted by Crippen LogP contribution is 2.35. The number of ether oxygens (including phenoxy) is 2. The van der Waals surface area contributed by atoms with Crippen LogP contribution >= 0.6 is 23.4 Å². The molecule has 32 heavy (non-hydrogen) atoms. The van der Waals surface area contributed by atoms with Crippen LogP contribution in [0.1, 0.15) is 25.8 Å². The molecule has 1 fully saturated rings. The van der Waals surface area contributed by atoms with Crippen LogP contribution in [-0.2, 0) is 9.59 Å². The van der Waals surface area contributed by atoms with E-state index in [-0.39, 0.29) is 11.0 Å². The summed E-state index contributed by atoms with van der Waals surface area (Å²) in [6.45, 7) is 3.58. The molecule has 1 aliphatic rings. The first-order valence-electron chi connectivity index (χ1n) is 9.96. The van der Waals surface area contributed by atoms with Gasteiger partial charge in [0.2, 0.25) is 5.91 Å². The van der Waals surface area contributed by atoms with Gasteiger partial charge in [-0.05, 0) is 61.0 Å². The summed E-state index contributed by atoms with van der Waals surface area (Å²) in [6.07, 6.45) is 2.47. The molecule has 1 atom stereocenters. The molecular weight excluding hydrogens is 452 g/mol. The largest absolute Gasteiger partial charge is 0.493 e. The number of amides is 3. The molecule has 0 unspecified atom stereocenters. The normalized spacial score (nSPS) is 15.8. The Kier molecular flexibility index (Phi) is 7.82. The fourth-order valence-corrected chi connectivity index (χ4v) is 3.88. The van der Waals surface area contributed by atoms with Crippen LogP contribution in [0, 0.1) is 0 Å². The molecule has 2 aromatic rings. The second-order valence-corrected chi connectivity index (χ2v) is 8.44. The van der Waals surface area contributed by atoms with Crippen LogP contribution in [0.3, 0.4) is 0 Å². The van der Waals surface area contributed by atoms with E-state index in [1.807, 2.05) is 13.8 Å². The Hall–Kier alpha value is -2.97. The summed E-state index contributed by atoms with van der Waals surface area (Å²) >= 11 is 6.81. The number of methoxy groups -OCH3 is 1. The molecule has 3 amide bonds. The van der Waals surface area contributed by atoms with Crippen molar-refractivity contribution in [2.24, 2.45) is 0 Å². The van der Waals surface area contributed by atoms with E-state index in [9.17, 15) is 14.4 Å². The smallest absolute Gasteiger partial charge is 0.294 e. The Morgan fingerprint density at radius 3 is 2.66 bits per heavy atom. The van der Waals surface area contributed by atoms with Gasteiger partial charge < -0.3 is 14.8 Å². The maximum atomic E-state index is 12.7. The van der Waals surface area contributed by atoms with Crippen LogP contribution in [0.4, 0.5) is 10.5 Å². The molecule has 1 aliphatic heterocycles. The van der Waals surface area contributed by atoms with Gasteiger partial charge in [-0.3, -0.25) is 19.3 Å². The molecule has 3 rings (SSSR count). The van der Waals surface area contributed by atoms with Crippen molar-refractivity contribution in [2.75, 3.05) is 19.0 Å². The Bertz CT molecular complexity index is 1070. The molecule has 168 valence electrons. The highest BCUT2D eigenvalue weighted by atomic mass is 35.5. The van der Waals surface area contributed by atoms with E-state index in [0.29, 0.717) is 27.8 Å². The number of thioether (sulfide) groups is 1. The van der Waals surface area contributed by atoms with Crippen molar-refractivity contribution in [3.8, 4) is 11.5 Å². The summed E-state index contributed by atoms with van der Waals surface area (Å²) in [5.74, 6) is 0.0730. The number of imide groups is 1. The van der Waals surface area contributed by atoms with Gasteiger partial charge in [-0.1, -0.05) is 36.7 Å². The molecule has 0 saturated carbocycles. The van der Waals surface area contributed by atoms with Crippen molar-refractivity contribution in [3.63, 3.8) is 0 Å². The SMILES string of the molecule is CC[C@H](C)Oc1ccc(/C=C2/SC(=O)N(CC(=O)Nc3ccccc3Cl)C2=O)cc1OC. The lowest BCUT2D eigenvalue weighted by molar-refractivity contribution is -0.127. The van der Waals surface area contributed by atoms with E-state index >= 15 is 0 Å². The van der Waals surface area contributed by atoms with E-state index in [4.69, 9.17) is 21.1 Å². The fraction of sp³-hybridized carbons (Fsp3) is 0.261. The molecule has 1 saturated heterocycles. The minimum absolute atomic E-state index is 0.0307. The van der Waals surface area contributed by atoms with Gasteiger partial charge in [-0.15, -0.1) is 0 Å². The maximum Gasteiger partial charge on any atom is 0.294 e. The molecule has 0 radical (unpaired) electrons. The molecule has 0 aliphatic carbocycles. The number of carbonyl (C=O) groups is 3. The minimum atomic E-state index is -0.534. The fourth-order valence-electron chi connectivity index (χ4n) is 2.85. The number of para-hydroxylation sites is 1. The summed E-state index contributed by atoms with van der Waals surface area (Å²) in [6, 6.07) is 12.0. The summed E-state index contributed by atoms with van der Waals surface area (Å²) in [5, 5.41) is 2.46. The van der Waals surface area contributed by atoms with Crippen LogP contribution in [-0.4, -0.2) is 41.7 Å². The maximum absolute atomic E-state index is 12.7. The lowest BCUT2D eigenvalue weighted by Gasteiger charge is -2.15. The topological polar surface area (TPSA) is 84.9 Å². The average Bonchev–Trinajstić information content (AvgIpc) is 3.03. The molecule has 0 spiro atoms. The highest BCUT2D eigenvalue weighted by molar-refractivity contribution is 8.18. The van der Waals surface area contributed by atoms with Gasteiger partial charge in [-0.25, -0.2) is 0 Å². The zero-order chi connectivity index (χ0) is 23.3. The van der Waals surface area contributed by atoms with Gasteiger partial charge in [0.05, 0.1) is 28.8 Å². The number of rotatable bonds is 8. The Labute approximate surface area is 195 Å². The monoisotopic (exact) mass is 474 g/mol. The summed E-state index contributed by atoms with van der Waals surface area (Å²) in [5.41, 5.74) is 1.08. The van der Waals surface area contributed by atoms with Crippen LogP contribution < -0.4 is 14.8 Å². The van der Waals surface area contributed by atoms with Crippen molar-refractivity contribution < 1.29 is 23.9 Å². The van der Waals surface area contributed by atoms with E-state index < -0.39 is 23.6 Å². The molecule has 7 nitrogen and oxygen atoms in total. The van der Waals surface area contributed by atoms with Crippen LogP contribution in [0.5, 0.6) is 11.5 Å². The molecular formula is C23H23ClN2O5S. The van der Waals surface area contributed by atoms with Crippen LogP contribution in [0.2, 0.25) is 5.02 Å². The summed E-state index contributed by atoms with van der Waals surface area (Å²) < 4.78 is 11.2. The Morgan fingerprint density at radius 2 is 1.97 bits per heavy atom. The van der Waals surface area contributed by atoms with E-state index in [2.05, 4.69) is 5.32 Å². The molecule has 0 bridgehead atoms. The number of carbonyl (C=O) groups excluding carboxylic acids is 3. The minimum Gasteiger partial charge on any atom is -0.493 e. The standard InChI is InChI=1S/C23H23ClN2O5S/c1-4-14(2)31-18-10-9-15(11-19(18)30-3)12-20-22(28)26(23(29)32-20)13-21(27)25-17-8-6-5-7-16(17)24/h5-12,14H,4,13H2,1-3H3,(H,25,27)/b20-12+/t14-/m0/s1. The van der Waals surface area contributed by atoms with Crippen molar-refractivity contribution in [2.45, 2.75) is 26.4 Å². The number of hydrogen-bond acceptors (Lipinski definition) is 6. The predicted octanol–water partition coefficient (Wildman–Crippen LogP) is 5.20. The van der Waals surface area contributed by atoms with Gasteiger partial charge in [0.1, 0.15) is 6.54 Å². The third-order valence-electron chi connectivity index (χ3n) is 4.71. The number of halogens is 1. The molecule has 9 heteroatoms. The Morgan fingerprint density at radius 1 is 1.22 bits per heavy atom. The zero-order valence-corrected chi connectivity index (χ0v) is 19.5. The van der Waals surface area contributed by atoms with E-state index in [1.54, 1.807) is 48.5 Å². The zero-order valence-electron chi connectivity index (χ0n) is 17.9. The van der Waals surface area contributed by atoms with E-state index in [0.717, 1.165) is 23.1 Å². The Balaban J connectivity index is 1.72. The number of anilines is 1. The second kappa shape index (κ2) is 10.6. The van der Waals surface area contributed by atoms with Crippen molar-refractivity contribution >= 4 is 52.2 Å². The molecule has 2 aromatic carbocycles. The first kappa shape index (κ1) is 23.7. The molecule has 1 heterocycles. The number of hydrogen-bond donors (Lipinski definition) is 1. The number of nitrogens with zero attached hydrogens (tertiary/aromatic N) is 1. The van der Waals surface area contributed by atoms with E-state index in [1.165, 1.54) is 7.11 Å². The molecule has 0 aromatic heterocycles. The lowest BCUT2D eigenvalue weighted by atomic mass is 10.1. The van der Waals surface area contributed by atoms with Gasteiger partial charge >= 0.3 is 0 Å². The number of nitrogens with one attached hydrogen (secondary N) is 1. The molecule has 1 N–H and O–H groups in total. The quantitative estimate of drug-likeness (QED) is 0.529. The highest BCUT2D eigenvalue weighted by Gasteiger charge is 2.36. The van der Waals surface area contributed by atoms with Crippen molar-refractivity contribution in [3.05, 3.63) is 58.0 Å². The van der Waals surface area contributed by atoms with Crippen molar-refractivity contribution in [1.82, 2.24) is 4.90 Å². The third kappa shape index (κ3) is 5.63. The van der Waals surface area contributed by atoms with Gasteiger partial charge in [0.15, 0.2) is 11.5 Å². The summed E-state index contributed by atoms with van der Waals surface area (Å²) in [7, 11) is 1.54. The van der Waals surface area contributed by atoms with Gasteiger partial charge in [0, 0.05) is 0 Å². The first-order chi connectivity index (χ1) is 15.3. The second-order valence-electron chi connectivity index (χ2n) is 7.04.